The van der Waals surface area contributed by atoms with Crippen LogP contribution in [0.3, 0.4) is 0 Å². The standard InChI is InChI=1S/C11H16N2S/c1-8-3-4-10(6-12-8)13-11-5-9(2)14-7-11/h3-4,6,9,11,13H,5,7H2,1-2H3. The number of hydrogen-bond donors (Lipinski definition) is 1. The van der Waals surface area contributed by atoms with Gasteiger partial charge in [0.25, 0.3) is 0 Å². The van der Waals surface area contributed by atoms with Crippen molar-refractivity contribution in [1.82, 2.24) is 4.98 Å². The van der Waals surface area contributed by atoms with E-state index in [0.29, 0.717) is 6.04 Å². The molecule has 1 N–H and O–H groups in total. The highest BCUT2D eigenvalue weighted by molar-refractivity contribution is 8.00. The lowest BCUT2D eigenvalue weighted by Crippen LogP contribution is -2.18. The molecular weight excluding hydrogens is 192 g/mol. The van der Waals surface area contributed by atoms with Gasteiger partial charge in [0, 0.05) is 22.7 Å². The van der Waals surface area contributed by atoms with Crippen LogP contribution in [0.5, 0.6) is 0 Å². The number of rotatable bonds is 2. The number of aryl methyl sites for hydroxylation is 1. The lowest BCUT2D eigenvalue weighted by Gasteiger charge is -2.12. The number of thioether (sulfide) groups is 1. The molecule has 2 rings (SSSR count). The van der Waals surface area contributed by atoms with Crippen LogP contribution >= 0.6 is 11.8 Å². The normalized spacial score (nSPS) is 26.4. The molecular formula is C11H16N2S. The second-order valence-corrected chi connectivity index (χ2v) is 5.38. The quantitative estimate of drug-likeness (QED) is 0.809. The van der Waals surface area contributed by atoms with E-state index in [9.17, 15) is 0 Å². The summed E-state index contributed by atoms with van der Waals surface area (Å²) in [6.07, 6.45) is 3.18. The fourth-order valence-electron chi connectivity index (χ4n) is 1.71. The summed E-state index contributed by atoms with van der Waals surface area (Å²) in [7, 11) is 0. The van der Waals surface area contributed by atoms with Crippen molar-refractivity contribution in [2.45, 2.75) is 31.6 Å². The molecule has 2 heterocycles. The van der Waals surface area contributed by atoms with Crippen molar-refractivity contribution >= 4 is 17.4 Å². The van der Waals surface area contributed by atoms with Gasteiger partial charge >= 0.3 is 0 Å². The molecule has 76 valence electrons. The number of anilines is 1. The van der Waals surface area contributed by atoms with Crippen molar-refractivity contribution < 1.29 is 0 Å². The number of hydrogen-bond acceptors (Lipinski definition) is 3. The van der Waals surface area contributed by atoms with E-state index < -0.39 is 0 Å². The Kier molecular flexibility index (Phi) is 2.96. The van der Waals surface area contributed by atoms with Crippen LogP contribution in [0.25, 0.3) is 0 Å². The molecule has 0 aliphatic carbocycles. The molecule has 1 aliphatic heterocycles. The highest BCUT2D eigenvalue weighted by Crippen LogP contribution is 2.28. The van der Waals surface area contributed by atoms with Crippen LogP contribution in [0.4, 0.5) is 5.69 Å². The van der Waals surface area contributed by atoms with Crippen molar-refractivity contribution in [3.63, 3.8) is 0 Å². The Bertz CT molecular complexity index is 297. The van der Waals surface area contributed by atoms with Crippen molar-refractivity contribution in [3.8, 4) is 0 Å². The SMILES string of the molecule is Cc1ccc(NC2CSC(C)C2)cn1. The Morgan fingerprint density at radius 2 is 2.36 bits per heavy atom. The van der Waals surface area contributed by atoms with Crippen LogP contribution in [0.1, 0.15) is 19.0 Å². The molecule has 14 heavy (non-hydrogen) atoms. The first-order valence-corrected chi connectivity index (χ1v) is 6.10. The van der Waals surface area contributed by atoms with Gasteiger partial charge in [-0.25, -0.2) is 0 Å². The molecule has 2 unspecified atom stereocenters. The van der Waals surface area contributed by atoms with Crippen LogP contribution in [-0.2, 0) is 0 Å². The second kappa shape index (κ2) is 4.22. The summed E-state index contributed by atoms with van der Waals surface area (Å²) < 4.78 is 0. The first kappa shape index (κ1) is 9.84. The second-order valence-electron chi connectivity index (χ2n) is 3.91. The van der Waals surface area contributed by atoms with E-state index in [1.807, 2.05) is 30.9 Å². The van der Waals surface area contributed by atoms with Crippen LogP contribution < -0.4 is 5.32 Å². The molecule has 0 radical (unpaired) electrons. The van der Waals surface area contributed by atoms with Crippen LogP contribution in [0, 0.1) is 6.92 Å². The fraction of sp³-hybridized carbons (Fsp3) is 0.545. The minimum Gasteiger partial charge on any atom is -0.380 e. The molecule has 3 heteroatoms. The van der Waals surface area contributed by atoms with E-state index in [0.717, 1.165) is 16.6 Å². The number of aromatic nitrogens is 1. The maximum absolute atomic E-state index is 4.27. The topological polar surface area (TPSA) is 24.9 Å². The van der Waals surface area contributed by atoms with Gasteiger partial charge in [-0.15, -0.1) is 0 Å². The predicted molar refractivity (Wildman–Crippen MR) is 62.9 cm³/mol. The molecule has 2 atom stereocenters. The summed E-state index contributed by atoms with van der Waals surface area (Å²) in [5.41, 5.74) is 2.22. The highest BCUT2D eigenvalue weighted by atomic mass is 32.2. The lowest BCUT2D eigenvalue weighted by atomic mass is 10.2. The van der Waals surface area contributed by atoms with Gasteiger partial charge < -0.3 is 5.32 Å². The molecule has 2 nitrogen and oxygen atoms in total. The zero-order valence-electron chi connectivity index (χ0n) is 8.66. The third-order valence-electron chi connectivity index (χ3n) is 2.48. The maximum atomic E-state index is 4.27. The van der Waals surface area contributed by atoms with Gasteiger partial charge in [0.05, 0.1) is 11.9 Å². The van der Waals surface area contributed by atoms with Gasteiger partial charge in [0.1, 0.15) is 0 Å². The molecule has 0 saturated carbocycles. The number of nitrogens with one attached hydrogen (secondary N) is 1. The Labute approximate surface area is 89.5 Å². The average molecular weight is 208 g/mol. The summed E-state index contributed by atoms with van der Waals surface area (Å²) in [6, 6.07) is 4.78. The van der Waals surface area contributed by atoms with E-state index in [-0.39, 0.29) is 0 Å². The van der Waals surface area contributed by atoms with Gasteiger partial charge in [-0.2, -0.15) is 11.8 Å². The number of pyridine rings is 1. The van der Waals surface area contributed by atoms with Crippen molar-refractivity contribution in [2.24, 2.45) is 0 Å². The van der Waals surface area contributed by atoms with E-state index >= 15 is 0 Å². The predicted octanol–water partition coefficient (Wildman–Crippen LogP) is 2.70. The Morgan fingerprint density at radius 1 is 1.50 bits per heavy atom. The van der Waals surface area contributed by atoms with E-state index in [1.165, 1.54) is 12.2 Å². The zero-order chi connectivity index (χ0) is 9.97. The Balaban J connectivity index is 1.94. The van der Waals surface area contributed by atoms with Crippen LogP contribution in [-0.4, -0.2) is 22.0 Å². The molecule has 0 amide bonds. The summed E-state index contributed by atoms with van der Waals surface area (Å²) in [5, 5.41) is 4.31. The van der Waals surface area contributed by atoms with Gasteiger partial charge in [-0.05, 0) is 25.5 Å². The summed E-state index contributed by atoms with van der Waals surface area (Å²) in [6.45, 7) is 4.30. The first-order valence-electron chi connectivity index (χ1n) is 5.05. The fourth-order valence-corrected chi connectivity index (χ4v) is 2.86. The number of nitrogens with zero attached hydrogens (tertiary/aromatic N) is 1. The van der Waals surface area contributed by atoms with Crippen molar-refractivity contribution in [1.29, 1.82) is 0 Å². The molecule has 0 bridgehead atoms. The molecule has 1 saturated heterocycles. The summed E-state index contributed by atoms with van der Waals surface area (Å²) in [5.74, 6) is 1.22. The first-order chi connectivity index (χ1) is 6.74. The maximum Gasteiger partial charge on any atom is 0.0529 e. The van der Waals surface area contributed by atoms with Gasteiger partial charge in [0.2, 0.25) is 0 Å². The monoisotopic (exact) mass is 208 g/mol. The van der Waals surface area contributed by atoms with Crippen molar-refractivity contribution in [3.05, 3.63) is 24.0 Å². The van der Waals surface area contributed by atoms with E-state index in [2.05, 4.69) is 23.3 Å². The minimum absolute atomic E-state index is 0.625. The third kappa shape index (κ3) is 2.41. The zero-order valence-corrected chi connectivity index (χ0v) is 9.47. The van der Waals surface area contributed by atoms with E-state index in [4.69, 9.17) is 0 Å². The molecule has 0 aromatic carbocycles. The van der Waals surface area contributed by atoms with Crippen LogP contribution in [0.2, 0.25) is 0 Å². The molecule has 1 aromatic rings. The smallest absolute Gasteiger partial charge is 0.0529 e. The Morgan fingerprint density at radius 3 is 2.93 bits per heavy atom. The van der Waals surface area contributed by atoms with Gasteiger partial charge in [-0.3, -0.25) is 4.98 Å². The molecule has 0 spiro atoms. The van der Waals surface area contributed by atoms with Gasteiger partial charge in [-0.1, -0.05) is 6.92 Å². The molecule has 1 aliphatic rings. The largest absolute Gasteiger partial charge is 0.380 e. The lowest BCUT2D eigenvalue weighted by molar-refractivity contribution is 0.746. The minimum atomic E-state index is 0.625. The average Bonchev–Trinajstić information content (AvgIpc) is 2.56. The van der Waals surface area contributed by atoms with E-state index in [1.54, 1.807) is 0 Å². The third-order valence-corrected chi connectivity index (χ3v) is 3.84. The Hall–Kier alpha value is -0.700. The van der Waals surface area contributed by atoms with Crippen molar-refractivity contribution in [2.75, 3.05) is 11.1 Å². The summed E-state index contributed by atoms with van der Waals surface area (Å²) in [4.78, 5) is 4.27. The molecule has 1 aromatic heterocycles. The molecule has 1 fully saturated rings. The highest BCUT2D eigenvalue weighted by Gasteiger charge is 2.21. The van der Waals surface area contributed by atoms with Gasteiger partial charge in [0.15, 0.2) is 0 Å². The summed E-state index contributed by atoms with van der Waals surface area (Å²) >= 11 is 2.04. The van der Waals surface area contributed by atoms with Crippen LogP contribution in [0.15, 0.2) is 18.3 Å².